The first-order valence-corrected chi connectivity index (χ1v) is 10.3. The van der Waals surface area contributed by atoms with Gasteiger partial charge in [-0.2, -0.15) is 0 Å². The number of nitrogens with zero attached hydrogens (tertiary/aromatic N) is 1. The number of ether oxygens (including phenoxy) is 2. The predicted molar refractivity (Wildman–Crippen MR) is 113 cm³/mol. The van der Waals surface area contributed by atoms with E-state index in [1.54, 1.807) is 7.11 Å². The lowest BCUT2D eigenvalue weighted by Gasteiger charge is -2.42. The van der Waals surface area contributed by atoms with Gasteiger partial charge in [-0.15, -0.1) is 0 Å². The molecular formula is C24H33NO3. The molecule has 1 heterocycles. The molecule has 0 radical (unpaired) electrons. The SMILES string of the molecule is CCOc1cc(CN2CCCC(CO)(Cc3ccccc3C)C2)ccc1OC. The molecule has 3 rings (SSSR count). The number of aryl methyl sites for hydroxylation is 1. The van der Waals surface area contributed by atoms with E-state index >= 15 is 0 Å². The van der Waals surface area contributed by atoms with Gasteiger partial charge in [0.05, 0.1) is 20.3 Å². The molecule has 1 aliphatic rings. The molecule has 2 aromatic rings. The van der Waals surface area contributed by atoms with E-state index in [0.29, 0.717) is 6.61 Å². The topological polar surface area (TPSA) is 41.9 Å². The van der Waals surface area contributed by atoms with Crippen LogP contribution in [-0.2, 0) is 13.0 Å². The Morgan fingerprint density at radius 3 is 2.68 bits per heavy atom. The Labute approximate surface area is 169 Å². The van der Waals surface area contributed by atoms with Gasteiger partial charge in [-0.1, -0.05) is 30.3 Å². The molecule has 0 aliphatic carbocycles. The standard InChI is InChI=1S/C24H33NO3/c1-4-28-23-14-20(10-11-22(23)27-3)16-25-13-7-12-24(17-25,18-26)15-21-9-6-5-8-19(21)2/h5-6,8-11,14,26H,4,7,12-13,15-18H2,1-3H3. The third kappa shape index (κ3) is 4.86. The number of methoxy groups -OCH3 is 1. The van der Waals surface area contributed by atoms with Crippen molar-refractivity contribution < 1.29 is 14.6 Å². The molecule has 1 N–H and O–H groups in total. The molecule has 0 amide bonds. The third-order valence-electron chi connectivity index (χ3n) is 5.84. The monoisotopic (exact) mass is 383 g/mol. The summed E-state index contributed by atoms with van der Waals surface area (Å²) in [5.74, 6) is 1.57. The zero-order valence-corrected chi connectivity index (χ0v) is 17.4. The molecule has 0 bridgehead atoms. The van der Waals surface area contributed by atoms with Gasteiger partial charge in [-0.25, -0.2) is 0 Å². The van der Waals surface area contributed by atoms with Crippen LogP contribution in [0.4, 0.5) is 0 Å². The zero-order valence-electron chi connectivity index (χ0n) is 17.4. The van der Waals surface area contributed by atoms with Crippen molar-refractivity contribution in [1.29, 1.82) is 0 Å². The number of aliphatic hydroxyl groups is 1. The van der Waals surface area contributed by atoms with Gasteiger partial charge in [-0.05, 0) is 68.5 Å². The van der Waals surface area contributed by atoms with Gasteiger partial charge in [0.25, 0.3) is 0 Å². The van der Waals surface area contributed by atoms with Crippen LogP contribution in [-0.4, -0.2) is 43.4 Å². The van der Waals surface area contributed by atoms with Crippen molar-refractivity contribution in [3.05, 3.63) is 59.2 Å². The van der Waals surface area contributed by atoms with Crippen LogP contribution in [0.25, 0.3) is 0 Å². The summed E-state index contributed by atoms with van der Waals surface area (Å²) >= 11 is 0. The maximum Gasteiger partial charge on any atom is 0.161 e. The molecular weight excluding hydrogens is 350 g/mol. The summed E-state index contributed by atoms with van der Waals surface area (Å²) in [6.45, 7) is 7.82. The highest BCUT2D eigenvalue weighted by Crippen LogP contribution is 2.35. The van der Waals surface area contributed by atoms with Gasteiger partial charge in [0, 0.05) is 18.5 Å². The minimum atomic E-state index is -0.0699. The number of hydrogen-bond acceptors (Lipinski definition) is 4. The summed E-state index contributed by atoms with van der Waals surface area (Å²) in [4.78, 5) is 2.47. The number of aliphatic hydroxyl groups excluding tert-OH is 1. The van der Waals surface area contributed by atoms with E-state index < -0.39 is 0 Å². The molecule has 152 valence electrons. The summed E-state index contributed by atoms with van der Waals surface area (Å²) in [5, 5.41) is 10.3. The van der Waals surface area contributed by atoms with Crippen LogP contribution in [0.2, 0.25) is 0 Å². The number of piperidine rings is 1. The average Bonchev–Trinajstić information content (AvgIpc) is 2.71. The van der Waals surface area contributed by atoms with Crippen LogP contribution in [0.1, 0.15) is 36.5 Å². The van der Waals surface area contributed by atoms with Crippen molar-refractivity contribution >= 4 is 0 Å². The van der Waals surface area contributed by atoms with Gasteiger partial charge < -0.3 is 14.6 Å². The van der Waals surface area contributed by atoms with Gasteiger partial charge >= 0.3 is 0 Å². The Morgan fingerprint density at radius 2 is 1.96 bits per heavy atom. The first-order valence-electron chi connectivity index (χ1n) is 10.3. The molecule has 28 heavy (non-hydrogen) atoms. The van der Waals surface area contributed by atoms with Crippen molar-refractivity contribution in [2.75, 3.05) is 33.4 Å². The average molecular weight is 384 g/mol. The van der Waals surface area contributed by atoms with Crippen molar-refractivity contribution in [3.63, 3.8) is 0 Å². The minimum absolute atomic E-state index is 0.0699. The Morgan fingerprint density at radius 1 is 1.14 bits per heavy atom. The maximum absolute atomic E-state index is 10.3. The molecule has 4 nitrogen and oxygen atoms in total. The van der Waals surface area contributed by atoms with E-state index in [0.717, 1.165) is 50.4 Å². The quantitative estimate of drug-likeness (QED) is 0.741. The number of rotatable bonds is 8. The third-order valence-corrected chi connectivity index (χ3v) is 5.84. The Hall–Kier alpha value is -2.04. The number of benzene rings is 2. The Balaban J connectivity index is 1.73. The summed E-state index contributed by atoms with van der Waals surface area (Å²) in [5.41, 5.74) is 3.80. The van der Waals surface area contributed by atoms with Crippen LogP contribution < -0.4 is 9.47 Å². The first kappa shape index (κ1) is 20.7. The van der Waals surface area contributed by atoms with E-state index in [1.807, 2.05) is 13.0 Å². The van der Waals surface area contributed by atoms with Crippen LogP contribution in [0, 0.1) is 12.3 Å². The molecule has 1 aliphatic heterocycles. The van der Waals surface area contributed by atoms with Crippen molar-refractivity contribution in [2.45, 2.75) is 39.7 Å². The first-order chi connectivity index (χ1) is 13.6. The second-order valence-electron chi connectivity index (χ2n) is 7.99. The molecule has 1 atom stereocenters. The Kier molecular flexibility index (Phi) is 6.97. The fourth-order valence-corrected chi connectivity index (χ4v) is 4.33. The van der Waals surface area contributed by atoms with Crippen molar-refractivity contribution in [3.8, 4) is 11.5 Å². The number of hydrogen-bond donors (Lipinski definition) is 1. The summed E-state index contributed by atoms with van der Waals surface area (Å²) in [6, 6.07) is 14.7. The molecule has 1 unspecified atom stereocenters. The highest BCUT2D eigenvalue weighted by molar-refractivity contribution is 5.43. The van der Waals surface area contributed by atoms with E-state index in [9.17, 15) is 5.11 Å². The normalized spacial score (nSPS) is 20.1. The smallest absolute Gasteiger partial charge is 0.161 e. The van der Waals surface area contributed by atoms with Gasteiger partial charge in [0.1, 0.15) is 0 Å². The summed E-state index contributed by atoms with van der Waals surface area (Å²) in [6.07, 6.45) is 3.11. The predicted octanol–water partition coefficient (Wildman–Crippen LogP) is 4.22. The van der Waals surface area contributed by atoms with Crippen molar-refractivity contribution in [2.24, 2.45) is 5.41 Å². The molecule has 1 saturated heterocycles. The van der Waals surface area contributed by atoms with Crippen LogP contribution in [0.5, 0.6) is 11.5 Å². The van der Waals surface area contributed by atoms with Gasteiger partial charge in [-0.3, -0.25) is 4.90 Å². The largest absolute Gasteiger partial charge is 0.493 e. The van der Waals surface area contributed by atoms with Crippen LogP contribution in [0.3, 0.4) is 0 Å². The van der Waals surface area contributed by atoms with Crippen LogP contribution in [0.15, 0.2) is 42.5 Å². The lowest BCUT2D eigenvalue weighted by molar-refractivity contribution is 0.0287. The number of likely N-dealkylation sites (tertiary alicyclic amines) is 1. The van der Waals surface area contributed by atoms with E-state index in [1.165, 1.54) is 16.7 Å². The highest BCUT2D eigenvalue weighted by Gasteiger charge is 2.35. The Bertz CT molecular complexity index is 776. The molecule has 2 aromatic carbocycles. The highest BCUT2D eigenvalue weighted by atomic mass is 16.5. The molecule has 0 saturated carbocycles. The fraction of sp³-hybridized carbons (Fsp3) is 0.500. The van der Waals surface area contributed by atoms with Crippen LogP contribution >= 0.6 is 0 Å². The molecule has 0 spiro atoms. The lowest BCUT2D eigenvalue weighted by atomic mass is 9.75. The lowest BCUT2D eigenvalue weighted by Crippen LogP contribution is -2.46. The van der Waals surface area contributed by atoms with E-state index in [2.05, 4.69) is 48.2 Å². The second kappa shape index (κ2) is 9.44. The van der Waals surface area contributed by atoms with Gasteiger partial charge in [0.15, 0.2) is 11.5 Å². The van der Waals surface area contributed by atoms with E-state index in [-0.39, 0.29) is 12.0 Å². The second-order valence-corrected chi connectivity index (χ2v) is 7.99. The molecule has 0 aromatic heterocycles. The minimum Gasteiger partial charge on any atom is -0.493 e. The summed E-state index contributed by atoms with van der Waals surface area (Å²) < 4.78 is 11.1. The maximum atomic E-state index is 10.3. The summed E-state index contributed by atoms with van der Waals surface area (Å²) in [7, 11) is 1.67. The van der Waals surface area contributed by atoms with E-state index in [4.69, 9.17) is 9.47 Å². The molecule has 1 fully saturated rings. The molecule has 4 heteroatoms. The fourth-order valence-electron chi connectivity index (χ4n) is 4.33. The van der Waals surface area contributed by atoms with Crippen molar-refractivity contribution in [1.82, 2.24) is 4.90 Å². The zero-order chi connectivity index (χ0) is 20.0. The van der Waals surface area contributed by atoms with Gasteiger partial charge in [0.2, 0.25) is 0 Å².